The van der Waals surface area contributed by atoms with Crippen LogP contribution in [0.25, 0.3) is 0 Å². The van der Waals surface area contributed by atoms with Crippen molar-refractivity contribution in [2.24, 2.45) is 5.92 Å². The third kappa shape index (κ3) is 6.16. The van der Waals surface area contributed by atoms with E-state index in [1.807, 2.05) is 0 Å². The van der Waals surface area contributed by atoms with Gasteiger partial charge in [-0.05, 0) is 6.42 Å². The summed E-state index contributed by atoms with van der Waals surface area (Å²) >= 11 is 0. The molecule has 0 aliphatic rings. The number of esters is 2. The minimum Gasteiger partial charge on any atom is -0.465 e. The number of hydrogen-bond donors (Lipinski definition) is 0. The summed E-state index contributed by atoms with van der Waals surface area (Å²) in [6.45, 7) is 1.54. The van der Waals surface area contributed by atoms with Crippen LogP contribution in [-0.2, 0) is 19.1 Å². The average Bonchev–Trinajstić information content (AvgIpc) is 2.44. The summed E-state index contributed by atoms with van der Waals surface area (Å²) in [6.07, 6.45) is -8.47. The predicted molar refractivity (Wildman–Crippen MR) is 66.6 cm³/mol. The molecule has 142 valence electrons. The molecule has 4 nitrogen and oxygen atoms in total. The highest BCUT2D eigenvalue weighted by Gasteiger charge is 2.72. The molecule has 24 heavy (non-hydrogen) atoms. The first-order valence-electron chi connectivity index (χ1n) is 6.91. The van der Waals surface area contributed by atoms with E-state index in [1.54, 1.807) is 13.8 Å². The molecule has 0 aliphatic heterocycles. The van der Waals surface area contributed by atoms with E-state index >= 15 is 0 Å². The molecule has 0 aromatic carbocycles. The molecule has 0 radical (unpaired) electrons. The average molecular weight is 370 g/mol. The third-order valence-corrected chi connectivity index (χ3v) is 3.06. The van der Waals surface area contributed by atoms with Gasteiger partial charge in [-0.15, -0.1) is 0 Å². The summed E-state index contributed by atoms with van der Waals surface area (Å²) in [5, 5.41) is 0. The molecule has 0 aromatic heterocycles. The Balaban J connectivity index is 4.23. The van der Waals surface area contributed by atoms with Gasteiger partial charge in [-0.2, -0.15) is 30.7 Å². The molecule has 0 saturated carbocycles. The van der Waals surface area contributed by atoms with Crippen molar-refractivity contribution in [3.05, 3.63) is 0 Å². The second-order valence-electron chi connectivity index (χ2n) is 4.97. The number of ether oxygens (including phenoxy) is 2. The topological polar surface area (TPSA) is 52.6 Å². The van der Waals surface area contributed by atoms with Crippen molar-refractivity contribution in [3.8, 4) is 0 Å². The summed E-state index contributed by atoms with van der Waals surface area (Å²) in [5.74, 6) is -13.8. The monoisotopic (exact) mass is 370 g/mol. The van der Waals surface area contributed by atoms with Crippen LogP contribution in [-0.4, -0.2) is 43.2 Å². The quantitative estimate of drug-likeness (QED) is 0.458. The maximum absolute atomic E-state index is 12.9. The maximum atomic E-state index is 12.9. The molecule has 0 amide bonds. The highest BCUT2D eigenvalue weighted by atomic mass is 19.4. The van der Waals surface area contributed by atoms with Crippen LogP contribution in [0.5, 0.6) is 0 Å². The zero-order valence-corrected chi connectivity index (χ0v) is 12.9. The van der Waals surface area contributed by atoms with Gasteiger partial charge in [-0.1, -0.05) is 13.8 Å². The van der Waals surface area contributed by atoms with E-state index in [2.05, 4.69) is 9.47 Å². The fourth-order valence-corrected chi connectivity index (χ4v) is 1.27. The molecule has 0 aromatic rings. The van der Waals surface area contributed by atoms with Gasteiger partial charge in [0, 0.05) is 0 Å². The van der Waals surface area contributed by atoms with Crippen molar-refractivity contribution in [2.75, 3.05) is 13.2 Å². The van der Waals surface area contributed by atoms with Crippen LogP contribution in [0, 0.1) is 5.92 Å². The molecular weight excluding hydrogens is 353 g/mol. The van der Waals surface area contributed by atoms with E-state index in [4.69, 9.17) is 0 Å². The first kappa shape index (κ1) is 22.4. The second kappa shape index (κ2) is 8.52. The molecule has 0 bridgehead atoms. The van der Waals surface area contributed by atoms with Crippen LogP contribution < -0.4 is 0 Å². The second-order valence-corrected chi connectivity index (χ2v) is 4.97. The van der Waals surface area contributed by atoms with E-state index < -0.39 is 61.9 Å². The Bertz CT molecular complexity index is 435. The Morgan fingerprint density at radius 2 is 1.50 bits per heavy atom. The van der Waals surface area contributed by atoms with Crippen molar-refractivity contribution < 1.29 is 49.8 Å². The van der Waals surface area contributed by atoms with Crippen LogP contribution >= 0.6 is 0 Å². The Labute approximate surface area is 133 Å². The smallest absolute Gasteiger partial charge is 0.459 e. The van der Waals surface area contributed by atoms with E-state index in [-0.39, 0.29) is 0 Å². The number of alkyl halides is 7. The van der Waals surface area contributed by atoms with E-state index in [1.165, 1.54) is 0 Å². The van der Waals surface area contributed by atoms with Crippen LogP contribution in [0.4, 0.5) is 30.7 Å². The predicted octanol–water partition coefficient (Wildman–Crippen LogP) is 3.73. The molecule has 0 heterocycles. The first-order chi connectivity index (χ1) is 10.8. The lowest BCUT2D eigenvalue weighted by Gasteiger charge is -2.27. The third-order valence-electron chi connectivity index (χ3n) is 3.06. The highest BCUT2D eigenvalue weighted by Crippen LogP contribution is 2.47. The zero-order chi connectivity index (χ0) is 19.2. The summed E-state index contributed by atoms with van der Waals surface area (Å²) in [7, 11) is 0. The molecule has 0 spiro atoms. The van der Waals surface area contributed by atoms with Gasteiger partial charge < -0.3 is 9.47 Å². The molecule has 0 saturated heterocycles. The van der Waals surface area contributed by atoms with Gasteiger partial charge in [0.1, 0.15) is 6.61 Å². The largest absolute Gasteiger partial charge is 0.465 e. The molecule has 0 rings (SSSR count). The Hall–Kier alpha value is -1.55. The van der Waals surface area contributed by atoms with Gasteiger partial charge in [0.05, 0.1) is 25.4 Å². The standard InChI is InChI=1S/C13H17F7O4/c1-3-8(2)10(22)24-6-4-9(21)23-7-5-11(14,15)12(16,17)13(18,19)20/h8H,3-7H2,1-2H3. The lowest BCUT2D eigenvalue weighted by molar-refractivity contribution is -0.356. The lowest BCUT2D eigenvalue weighted by Crippen LogP contribution is -2.52. The highest BCUT2D eigenvalue weighted by molar-refractivity contribution is 5.73. The van der Waals surface area contributed by atoms with E-state index in [9.17, 15) is 40.3 Å². The van der Waals surface area contributed by atoms with Crippen molar-refractivity contribution in [2.45, 2.75) is 51.1 Å². The number of halogens is 7. The summed E-state index contributed by atoms with van der Waals surface area (Å²) < 4.78 is 95.3. The van der Waals surface area contributed by atoms with Crippen molar-refractivity contribution >= 4 is 11.9 Å². The van der Waals surface area contributed by atoms with Gasteiger partial charge >= 0.3 is 30.0 Å². The van der Waals surface area contributed by atoms with Gasteiger partial charge in [0.2, 0.25) is 0 Å². The number of hydrogen-bond acceptors (Lipinski definition) is 4. The first-order valence-corrected chi connectivity index (χ1v) is 6.91. The Morgan fingerprint density at radius 3 is 1.96 bits per heavy atom. The summed E-state index contributed by atoms with van der Waals surface area (Å²) in [6, 6.07) is 0. The van der Waals surface area contributed by atoms with Crippen LogP contribution in [0.3, 0.4) is 0 Å². The fourth-order valence-electron chi connectivity index (χ4n) is 1.27. The molecule has 0 N–H and O–H groups in total. The van der Waals surface area contributed by atoms with Gasteiger partial charge in [0.25, 0.3) is 0 Å². The number of rotatable bonds is 9. The van der Waals surface area contributed by atoms with Crippen LogP contribution in [0.15, 0.2) is 0 Å². The van der Waals surface area contributed by atoms with E-state index in [0.717, 1.165) is 0 Å². The van der Waals surface area contributed by atoms with Crippen LogP contribution in [0.2, 0.25) is 0 Å². The Kier molecular flexibility index (Phi) is 7.97. The minimum absolute atomic E-state index is 0.413. The lowest BCUT2D eigenvalue weighted by atomic mass is 10.1. The van der Waals surface area contributed by atoms with Crippen molar-refractivity contribution in [1.29, 1.82) is 0 Å². The summed E-state index contributed by atoms with van der Waals surface area (Å²) in [5.41, 5.74) is 0. The van der Waals surface area contributed by atoms with Gasteiger partial charge in [0.15, 0.2) is 0 Å². The SMILES string of the molecule is CCC(C)C(=O)OCCC(=O)OCCC(F)(F)C(F)(F)C(F)(F)F. The number of carbonyl (C=O) groups excluding carboxylic acids is 2. The maximum Gasteiger partial charge on any atom is 0.459 e. The fraction of sp³-hybridized carbons (Fsp3) is 0.846. The van der Waals surface area contributed by atoms with Crippen molar-refractivity contribution in [3.63, 3.8) is 0 Å². The van der Waals surface area contributed by atoms with Crippen LogP contribution in [0.1, 0.15) is 33.1 Å². The normalized spacial score (nSPS) is 14.2. The van der Waals surface area contributed by atoms with E-state index in [0.29, 0.717) is 6.42 Å². The molecular formula is C13H17F7O4. The molecule has 1 unspecified atom stereocenters. The minimum atomic E-state index is -6.43. The van der Waals surface area contributed by atoms with Crippen molar-refractivity contribution in [1.82, 2.24) is 0 Å². The molecule has 11 heteroatoms. The number of carbonyl (C=O) groups is 2. The zero-order valence-electron chi connectivity index (χ0n) is 12.9. The molecule has 0 aliphatic carbocycles. The molecule has 1 atom stereocenters. The molecule has 0 fully saturated rings. The Morgan fingerprint density at radius 1 is 0.958 bits per heavy atom. The van der Waals surface area contributed by atoms with Gasteiger partial charge in [-0.3, -0.25) is 9.59 Å². The van der Waals surface area contributed by atoms with Gasteiger partial charge in [-0.25, -0.2) is 0 Å². The summed E-state index contributed by atoms with van der Waals surface area (Å²) in [4.78, 5) is 22.4.